The van der Waals surface area contributed by atoms with Gasteiger partial charge in [0.05, 0.1) is 12.7 Å². The van der Waals surface area contributed by atoms with Crippen LogP contribution < -0.4 is 11.1 Å². The summed E-state index contributed by atoms with van der Waals surface area (Å²) in [4.78, 5) is 23.1. The maximum Gasteiger partial charge on any atom is 0.407 e. The predicted molar refractivity (Wildman–Crippen MR) is 98.3 cm³/mol. The van der Waals surface area contributed by atoms with Gasteiger partial charge in [0.15, 0.2) is 0 Å². The van der Waals surface area contributed by atoms with Crippen molar-refractivity contribution in [3.63, 3.8) is 0 Å². The van der Waals surface area contributed by atoms with Crippen LogP contribution in [0.3, 0.4) is 0 Å². The lowest BCUT2D eigenvalue weighted by Gasteiger charge is -2.05. The molecule has 0 unspecified atom stereocenters. The van der Waals surface area contributed by atoms with Crippen molar-refractivity contribution in [2.75, 3.05) is 19.4 Å². The number of rotatable bonds is 5. The molecule has 134 valence electrons. The number of benzene rings is 2. The summed E-state index contributed by atoms with van der Waals surface area (Å²) in [6, 6.07) is 14.2. The molecule has 3 N–H and O–H groups in total. The van der Waals surface area contributed by atoms with Gasteiger partial charge >= 0.3 is 12.1 Å². The normalized spacial score (nSPS) is 9.58. The van der Waals surface area contributed by atoms with Gasteiger partial charge < -0.3 is 20.5 Å². The van der Waals surface area contributed by atoms with Crippen molar-refractivity contribution in [1.29, 1.82) is 0 Å². The zero-order valence-electron chi connectivity index (χ0n) is 14.5. The first-order chi connectivity index (χ1) is 12.6. The molecule has 1 amide bonds. The SMILES string of the molecule is COC(=O)c1cc(N)cc(C#CCCNC(=O)OCc2ccccc2)c1. The van der Waals surface area contributed by atoms with E-state index in [9.17, 15) is 9.59 Å². The number of amides is 1. The summed E-state index contributed by atoms with van der Waals surface area (Å²) in [6.07, 6.45) is -0.0596. The largest absolute Gasteiger partial charge is 0.465 e. The van der Waals surface area contributed by atoms with E-state index in [0.29, 0.717) is 29.8 Å². The van der Waals surface area contributed by atoms with Gasteiger partial charge in [-0.15, -0.1) is 0 Å². The number of alkyl carbamates (subject to hydrolysis) is 1. The van der Waals surface area contributed by atoms with Crippen LogP contribution in [0.4, 0.5) is 10.5 Å². The Bertz CT molecular complexity index is 823. The van der Waals surface area contributed by atoms with E-state index >= 15 is 0 Å². The molecule has 0 saturated heterocycles. The average molecular weight is 352 g/mol. The maximum atomic E-state index is 11.6. The van der Waals surface area contributed by atoms with E-state index in [4.69, 9.17) is 10.5 Å². The van der Waals surface area contributed by atoms with Crippen molar-refractivity contribution >= 4 is 17.7 Å². The Morgan fingerprint density at radius 3 is 2.65 bits per heavy atom. The molecule has 0 aliphatic heterocycles. The fourth-order valence-electron chi connectivity index (χ4n) is 2.13. The molecule has 0 saturated carbocycles. The van der Waals surface area contributed by atoms with Gasteiger partial charge in [0.1, 0.15) is 6.61 Å². The molecule has 0 bridgehead atoms. The Morgan fingerprint density at radius 1 is 1.15 bits per heavy atom. The summed E-state index contributed by atoms with van der Waals surface area (Å²) >= 11 is 0. The van der Waals surface area contributed by atoms with Crippen LogP contribution in [0.25, 0.3) is 0 Å². The standard InChI is InChI=1S/C20H20N2O4/c1-25-19(23)17-11-16(12-18(21)13-17)9-5-6-10-22-20(24)26-14-15-7-3-2-4-8-15/h2-4,7-8,11-13H,6,10,14,21H2,1H3,(H,22,24). The van der Waals surface area contributed by atoms with Crippen LogP contribution in [0.2, 0.25) is 0 Å². The highest BCUT2D eigenvalue weighted by atomic mass is 16.5. The number of nitrogen functional groups attached to an aromatic ring is 1. The number of carbonyl (C=O) groups is 2. The minimum atomic E-state index is -0.493. The molecule has 2 aromatic carbocycles. The number of methoxy groups -OCH3 is 1. The molecule has 2 rings (SSSR count). The number of ether oxygens (including phenoxy) is 2. The van der Waals surface area contributed by atoms with Gasteiger partial charge in [-0.2, -0.15) is 0 Å². The zero-order valence-corrected chi connectivity index (χ0v) is 14.5. The molecule has 0 aromatic heterocycles. The smallest absolute Gasteiger partial charge is 0.407 e. The molecule has 6 nitrogen and oxygen atoms in total. The minimum Gasteiger partial charge on any atom is -0.465 e. The third-order valence-electron chi connectivity index (χ3n) is 3.34. The number of nitrogens with one attached hydrogen (secondary N) is 1. The summed E-state index contributed by atoms with van der Waals surface area (Å²) in [5, 5.41) is 2.63. The van der Waals surface area contributed by atoms with Crippen molar-refractivity contribution in [3.8, 4) is 11.8 Å². The molecule has 0 atom stereocenters. The molecular formula is C20H20N2O4. The van der Waals surface area contributed by atoms with Gasteiger partial charge in [0, 0.05) is 24.2 Å². The molecule has 0 fully saturated rings. The van der Waals surface area contributed by atoms with Crippen LogP contribution in [0.5, 0.6) is 0 Å². The highest BCUT2D eigenvalue weighted by molar-refractivity contribution is 5.90. The Balaban J connectivity index is 1.77. The minimum absolute atomic E-state index is 0.220. The lowest BCUT2D eigenvalue weighted by atomic mass is 10.1. The summed E-state index contributed by atoms with van der Waals surface area (Å²) in [5.74, 6) is 5.35. The molecule has 0 radical (unpaired) electrons. The highest BCUT2D eigenvalue weighted by Crippen LogP contribution is 2.12. The molecule has 2 aromatic rings. The van der Waals surface area contributed by atoms with Crippen LogP contribution in [-0.2, 0) is 16.1 Å². The third-order valence-corrected chi connectivity index (χ3v) is 3.34. The van der Waals surface area contributed by atoms with Gasteiger partial charge in [-0.25, -0.2) is 9.59 Å². The number of hydrogen-bond donors (Lipinski definition) is 2. The number of carbonyl (C=O) groups excluding carboxylic acids is 2. The van der Waals surface area contributed by atoms with Gasteiger partial charge in [0.25, 0.3) is 0 Å². The monoisotopic (exact) mass is 352 g/mol. The second kappa shape index (κ2) is 9.74. The fraction of sp³-hybridized carbons (Fsp3) is 0.200. The molecule has 26 heavy (non-hydrogen) atoms. The van der Waals surface area contributed by atoms with Crippen molar-refractivity contribution in [3.05, 3.63) is 65.2 Å². The third kappa shape index (κ3) is 6.21. The van der Waals surface area contributed by atoms with Gasteiger partial charge in [-0.05, 0) is 23.8 Å². The molecule has 0 aliphatic carbocycles. The number of esters is 1. The molecular weight excluding hydrogens is 332 g/mol. The van der Waals surface area contributed by atoms with Gasteiger partial charge in [-0.1, -0.05) is 42.2 Å². The summed E-state index contributed by atoms with van der Waals surface area (Å²) in [6.45, 7) is 0.574. The second-order valence-electron chi connectivity index (χ2n) is 5.38. The number of nitrogens with two attached hydrogens (primary N) is 1. The van der Waals surface area contributed by atoms with Gasteiger partial charge in [0.2, 0.25) is 0 Å². The van der Waals surface area contributed by atoms with E-state index in [1.54, 1.807) is 12.1 Å². The Kier molecular flexibility index (Phi) is 7.07. The van der Waals surface area contributed by atoms with Crippen LogP contribution in [0, 0.1) is 11.8 Å². The van der Waals surface area contributed by atoms with E-state index < -0.39 is 12.1 Å². The van der Waals surface area contributed by atoms with Crippen molar-refractivity contribution < 1.29 is 19.1 Å². The van der Waals surface area contributed by atoms with Crippen molar-refractivity contribution in [2.24, 2.45) is 0 Å². The molecule has 0 aliphatic rings. The summed E-state index contributed by atoms with van der Waals surface area (Å²) in [5.41, 5.74) is 8.06. The van der Waals surface area contributed by atoms with Crippen molar-refractivity contribution in [2.45, 2.75) is 13.0 Å². The fourth-order valence-corrected chi connectivity index (χ4v) is 2.13. The van der Waals surface area contributed by atoms with Crippen LogP contribution in [0.1, 0.15) is 27.9 Å². The Hall–Kier alpha value is -3.46. The zero-order chi connectivity index (χ0) is 18.8. The van der Waals surface area contributed by atoms with Crippen LogP contribution in [0.15, 0.2) is 48.5 Å². The summed E-state index contributed by atoms with van der Waals surface area (Å²) < 4.78 is 9.76. The molecule has 6 heteroatoms. The Labute approximate surface area is 152 Å². The van der Waals surface area contributed by atoms with E-state index in [1.165, 1.54) is 13.2 Å². The van der Waals surface area contributed by atoms with E-state index in [1.807, 2.05) is 30.3 Å². The van der Waals surface area contributed by atoms with E-state index in [0.717, 1.165) is 5.56 Å². The van der Waals surface area contributed by atoms with E-state index in [-0.39, 0.29) is 6.61 Å². The summed E-state index contributed by atoms with van der Waals surface area (Å²) in [7, 11) is 1.30. The van der Waals surface area contributed by atoms with Crippen LogP contribution in [-0.4, -0.2) is 25.7 Å². The first kappa shape index (κ1) is 18.9. The quantitative estimate of drug-likeness (QED) is 0.374. The van der Waals surface area contributed by atoms with Crippen molar-refractivity contribution in [1.82, 2.24) is 5.32 Å². The lowest BCUT2D eigenvalue weighted by Crippen LogP contribution is -2.24. The predicted octanol–water partition coefficient (Wildman–Crippen LogP) is 2.72. The first-order valence-corrected chi connectivity index (χ1v) is 8.01. The second-order valence-corrected chi connectivity index (χ2v) is 5.38. The average Bonchev–Trinajstić information content (AvgIpc) is 2.65. The number of hydrogen-bond acceptors (Lipinski definition) is 5. The number of anilines is 1. The Morgan fingerprint density at radius 2 is 1.92 bits per heavy atom. The topological polar surface area (TPSA) is 90.6 Å². The van der Waals surface area contributed by atoms with Gasteiger partial charge in [-0.3, -0.25) is 0 Å². The maximum absolute atomic E-state index is 11.6. The highest BCUT2D eigenvalue weighted by Gasteiger charge is 2.06. The molecule has 0 spiro atoms. The lowest BCUT2D eigenvalue weighted by molar-refractivity contribution is 0.0600. The first-order valence-electron chi connectivity index (χ1n) is 8.01. The van der Waals surface area contributed by atoms with E-state index in [2.05, 4.69) is 21.9 Å². The van der Waals surface area contributed by atoms with Crippen LogP contribution >= 0.6 is 0 Å². The molecule has 0 heterocycles.